The first kappa shape index (κ1) is 13.7. The van der Waals surface area contributed by atoms with Crippen LogP contribution >= 0.6 is 11.3 Å². The largest absolute Gasteiger partial charge is 0.356 e. The fourth-order valence-electron chi connectivity index (χ4n) is 1.73. The minimum absolute atomic E-state index is 0.0119. The van der Waals surface area contributed by atoms with Crippen LogP contribution in [-0.4, -0.2) is 17.4 Å². The quantitative estimate of drug-likeness (QED) is 0.876. The Kier molecular flexibility index (Phi) is 4.65. The summed E-state index contributed by atoms with van der Waals surface area (Å²) in [6.07, 6.45) is 0.339. The first-order chi connectivity index (χ1) is 9.22. The van der Waals surface area contributed by atoms with Gasteiger partial charge in [-0.05, 0) is 12.5 Å². The van der Waals surface area contributed by atoms with E-state index < -0.39 is 0 Å². The molecule has 0 spiro atoms. The molecule has 0 bridgehead atoms. The number of carbonyl (C=O) groups is 1. The number of amides is 1. The molecule has 4 nitrogen and oxygen atoms in total. The summed E-state index contributed by atoms with van der Waals surface area (Å²) < 4.78 is 0. The van der Waals surface area contributed by atoms with E-state index in [2.05, 4.69) is 10.3 Å². The zero-order chi connectivity index (χ0) is 13.7. The first-order valence-electron chi connectivity index (χ1n) is 6.23. The van der Waals surface area contributed by atoms with Crippen LogP contribution in [0.1, 0.15) is 18.2 Å². The zero-order valence-electron chi connectivity index (χ0n) is 10.8. The first-order valence-corrected chi connectivity index (χ1v) is 7.11. The molecule has 1 aromatic carbocycles. The van der Waals surface area contributed by atoms with Crippen LogP contribution in [-0.2, 0) is 17.8 Å². The van der Waals surface area contributed by atoms with Crippen LogP contribution in [0.15, 0.2) is 29.6 Å². The van der Waals surface area contributed by atoms with Crippen LogP contribution in [0.25, 0.3) is 10.6 Å². The Morgan fingerprint density at radius 1 is 1.37 bits per heavy atom. The molecular formula is C14H17N3OS. The fourth-order valence-corrected chi connectivity index (χ4v) is 2.55. The molecular weight excluding hydrogens is 258 g/mol. The van der Waals surface area contributed by atoms with Crippen LogP contribution < -0.4 is 11.1 Å². The molecule has 19 heavy (non-hydrogen) atoms. The molecule has 5 heteroatoms. The van der Waals surface area contributed by atoms with Gasteiger partial charge in [-0.3, -0.25) is 4.79 Å². The number of hydrogen-bond acceptors (Lipinski definition) is 4. The maximum absolute atomic E-state index is 11.5. The van der Waals surface area contributed by atoms with E-state index in [1.165, 1.54) is 0 Å². The van der Waals surface area contributed by atoms with Gasteiger partial charge in [0.05, 0.1) is 12.1 Å². The number of benzene rings is 1. The number of nitrogens with zero attached hydrogens (tertiary/aromatic N) is 1. The number of thiazole rings is 1. The van der Waals surface area contributed by atoms with Crippen LogP contribution in [0.2, 0.25) is 0 Å². The molecule has 0 atom stereocenters. The number of hydrogen-bond donors (Lipinski definition) is 2. The van der Waals surface area contributed by atoms with Crippen molar-refractivity contribution in [1.29, 1.82) is 0 Å². The Morgan fingerprint density at radius 3 is 2.74 bits per heavy atom. The van der Waals surface area contributed by atoms with E-state index in [-0.39, 0.29) is 5.91 Å². The number of carbonyl (C=O) groups excluding carboxylic acids is 1. The van der Waals surface area contributed by atoms with E-state index in [9.17, 15) is 4.79 Å². The summed E-state index contributed by atoms with van der Waals surface area (Å²) in [6.45, 7) is 3.10. The molecule has 2 aromatic rings. The van der Waals surface area contributed by atoms with Crippen LogP contribution in [0, 0.1) is 0 Å². The highest BCUT2D eigenvalue weighted by Gasteiger charge is 2.08. The average Bonchev–Trinajstić information content (AvgIpc) is 2.87. The fraction of sp³-hybridized carbons (Fsp3) is 0.286. The standard InChI is InChI=1S/C14H17N3OS/c1-2-16-13(18)7-12-9-19-14(17-12)11-5-3-10(8-15)4-6-11/h3-6,9H,2,7-8,15H2,1H3,(H,16,18). The predicted octanol–water partition coefficient (Wildman–Crippen LogP) is 1.95. The van der Waals surface area contributed by atoms with Gasteiger partial charge in [0, 0.05) is 24.0 Å². The molecule has 0 saturated carbocycles. The van der Waals surface area contributed by atoms with Crippen molar-refractivity contribution in [2.45, 2.75) is 19.9 Å². The number of aromatic nitrogens is 1. The number of nitrogens with two attached hydrogens (primary N) is 1. The summed E-state index contributed by atoms with van der Waals surface area (Å²) in [6, 6.07) is 8.02. The van der Waals surface area contributed by atoms with E-state index in [1.54, 1.807) is 11.3 Å². The van der Waals surface area contributed by atoms with Crippen molar-refractivity contribution in [3.8, 4) is 10.6 Å². The molecule has 0 aliphatic carbocycles. The molecule has 0 saturated heterocycles. The van der Waals surface area contributed by atoms with Crippen molar-refractivity contribution in [1.82, 2.24) is 10.3 Å². The Bertz CT molecular complexity index is 548. The lowest BCUT2D eigenvalue weighted by Crippen LogP contribution is -2.24. The molecule has 1 aromatic heterocycles. The third-order valence-corrected chi connectivity index (χ3v) is 3.64. The number of rotatable bonds is 5. The van der Waals surface area contributed by atoms with Crippen LogP contribution in [0.4, 0.5) is 0 Å². The van der Waals surface area contributed by atoms with Crippen molar-refractivity contribution >= 4 is 17.2 Å². The number of nitrogens with one attached hydrogen (secondary N) is 1. The van der Waals surface area contributed by atoms with Gasteiger partial charge < -0.3 is 11.1 Å². The van der Waals surface area contributed by atoms with Gasteiger partial charge >= 0.3 is 0 Å². The smallest absolute Gasteiger partial charge is 0.226 e. The predicted molar refractivity (Wildman–Crippen MR) is 77.8 cm³/mol. The maximum atomic E-state index is 11.5. The number of likely N-dealkylation sites (N-methyl/N-ethyl adjacent to an activating group) is 1. The van der Waals surface area contributed by atoms with Gasteiger partial charge in [-0.25, -0.2) is 4.98 Å². The lowest BCUT2D eigenvalue weighted by atomic mass is 10.1. The Balaban J connectivity index is 2.09. The van der Waals surface area contributed by atoms with Crippen LogP contribution in [0.3, 0.4) is 0 Å². The van der Waals surface area contributed by atoms with Gasteiger partial charge in [0.2, 0.25) is 5.91 Å². The molecule has 1 heterocycles. The van der Waals surface area contributed by atoms with Crippen molar-refractivity contribution in [2.24, 2.45) is 5.73 Å². The average molecular weight is 275 g/mol. The molecule has 1 amide bonds. The minimum Gasteiger partial charge on any atom is -0.356 e. The van der Waals surface area contributed by atoms with Crippen molar-refractivity contribution in [3.63, 3.8) is 0 Å². The summed E-state index contributed by atoms with van der Waals surface area (Å²) in [4.78, 5) is 16.0. The lowest BCUT2D eigenvalue weighted by Gasteiger charge is -2.00. The van der Waals surface area contributed by atoms with Crippen molar-refractivity contribution in [3.05, 3.63) is 40.9 Å². The van der Waals surface area contributed by atoms with Crippen LogP contribution in [0.5, 0.6) is 0 Å². The SMILES string of the molecule is CCNC(=O)Cc1csc(-c2ccc(CN)cc2)n1. The summed E-state index contributed by atoms with van der Waals surface area (Å²) >= 11 is 1.55. The maximum Gasteiger partial charge on any atom is 0.226 e. The van der Waals surface area contributed by atoms with Gasteiger partial charge in [0.25, 0.3) is 0 Å². The van der Waals surface area contributed by atoms with Crippen molar-refractivity contribution in [2.75, 3.05) is 6.54 Å². The van der Waals surface area contributed by atoms with Gasteiger partial charge in [0.1, 0.15) is 5.01 Å². The topological polar surface area (TPSA) is 68.0 Å². The van der Waals surface area contributed by atoms with Crippen molar-refractivity contribution < 1.29 is 4.79 Å². The molecule has 0 radical (unpaired) electrons. The summed E-state index contributed by atoms with van der Waals surface area (Å²) in [7, 11) is 0. The highest BCUT2D eigenvalue weighted by Crippen LogP contribution is 2.24. The summed E-state index contributed by atoms with van der Waals surface area (Å²) in [5.41, 5.74) is 8.54. The van der Waals surface area contributed by atoms with Gasteiger partial charge in [-0.15, -0.1) is 11.3 Å². The van der Waals surface area contributed by atoms with E-state index >= 15 is 0 Å². The second-order valence-corrected chi connectivity index (χ2v) is 5.03. The van der Waals surface area contributed by atoms with E-state index in [1.807, 2.05) is 36.6 Å². The third-order valence-electron chi connectivity index (χ3n) is 2.70. The normalized spacial score (nSPS) is 10.4. The minimum atomic E-state index is 0.0119. The molecule has 0 fully saturated rings. The second-order valence-electron chi connectivity index (χ2n) is 4.18. The molecule has 0 aliphatic heterocycles. The highest BCUT2D eigenvalue weighted by molar-refractivity contribution is 7.13. The Labute approximate surface area is 116 Å². The molecule has 3 N–H and O–H groups in total. The zero-order valence-corrected chi connectivity index (χ0v) is 11.7. The van der Waals surface area contributed by atoms with E-state index in [0.29, 0.717) is 19.5 Å². The van der Waals surface area contributed by atoms with Gasteiger partial charge in [0.15, 0.2) is 0 Å². The monoisotopic (exact) mass is 275 g/mol. The molecule has 0 aliphatic rings. The molecule has 2 rings (SSSR count). The highest BCUT2D eigenvalue weighted by atomic mass is 32.1. The molecule has 0 unspecified atom stereocenters. The van der Waals surface area contributed by atoms with Gasteiger partial charge in [-0.2, -0.15) is 0 Å². The Hall–Kier alpha value is -1.72. The summed E-state index contributed by atoms with van der Waals surface area (Å²) in [5, 5.41) is 5.64. The summed E-state index contributed by atoms with van der Waals surface area (Å²) in [5.74, 6) is 0.0119. The lowest BCUT2D eigenvalue weighted by molar-refractivity contribution is -0.120. The van der Waals surface area contributed by atoms with Gasteiger partial charge in [-0.1, -0.05) is 24.3 Å². The Morgan fingerprint density at radius 2 is 2.11 bits per heavy atom. The van der Waals surface area contributed by atoms with E-state index in [0.717, 1.165) is 21.8 Å². The third kappa shape index (κ3) is 3.62. The second kappa shape index (κ2) is 6.45. The van der Waals surface area contributed by atoms with E-state index in [4.69, 9.17) is 5.73 Å². The molecule has 100 valence electrons.